The smallest absolute Gasteiger partial charge is 0.238 e. The Kier molecular flexibility index (Phi) is 3.70. The van der Waals surface area contributed by atoms with Crippen LogP contribution in [0.2, 0.25) is 0 Å². The second-order valence-corrected chi connectivity index (χ2v) is 4.62. The third-order valence-electron chi connectivity index (χ3n) is 1.12. The molecule has 12 heavy (non-hydrogen) atoms. The zero-order valence-electron chi connectivity index (χ0n) is 6.94. The molecule has 0 saturated carbocycles. The summed E-state index contributed by atoms with van der Waals surface area (Å²) in [7, 11) is -1.90. The minimum atomic E-state index is -3.29. The first-order chi connectivity index (χ1) is 5.37. The minimum Gasteiger partial charge on any atom is -0.332 e. The van der Waals surface area contributed by atoms with E-state index in [-0.39, 0.29) is 6.54 Å². The van der Waals surface area contributed by atoms with Gasteiger partial charge in [-0.2, -0.15) is 5.26 Å². The highest BCUT2D eigenvalue weighted by molar-refractivity contribution is 7.91. The number of amides is 1. The lowest BCUT2D eigenvalue weighted by molar-refractivity contribution is -0.126. The van der Waals surface area contributed by atoms with Gasteiger partial charge in [0.1, 0.15) is 12.3 Å². The third-order valence-corrected chi connectivity index (χ3v) is 1.89. The number of carbonyl (C=O) groups is 1. The van der Waals surface area contributed by atoms with Crippen LogP contribution in [-0.2, 0) is 14.6 Å². The van der Waals surface area contributed by atoms with E-state index >= 15 is 0 Å². The van der Waals surface area contributed by atoms with Crippen LogP contribution in [0.15, 0.2) is 0 Å². The molecular weight excluding hydrogens is 180 g/mol. The summed E-state index contributed by atoms with van der Waals surface area (Å²) in [6, 6.07) is 1.74. The Morgan fingerprint density at radius 3 is 2.42 bits per heavy atom. The largest absolute Gasteiger partial charge is 0.332 e. The number of sulfone groups is 1. The first-order valence-corrected chi connectivity index (χ1v) is 5.21. The average Bonchev–Trinajstić information content (AvgIpc) is 1.84. The molecule has 0 heterocycles. The van der Waals surface area contributed by atoms with Crippen LogP contribution in [0.25, 0.3) is 0 Å². The van der Waals surface area contributed by atoms with Crippen LogP contribution in [0.3, 0.4) is 0 Å². The van der Waals surface area contributed by atoms with Gasteiger partial charge in [0.05, 0.1) is 6.07 Å². The molecule has 0 aliphatic rings. The Labute approximate surface area is 71.5 Å². The second-order valence-electron chi connectivity index (χ2n) is 2.48. The Morgan fingerprint density at radius 1 is 1.58 bits per heavy atom. The molecule has 1 amide bonds. The maximum absolute atomic E-state index is 10.9. The lowest BCUT2D eigenvalue weighted by Gasteiger charge is -2.11. The van der Waals surface area contributed by atoms with Crippen LogP contribution >= 0.6 is 0 Å². The van der Waals surface area contributed by atoms with E-state index in [9.17, 15) is 13.2 Å². The molecule has 5 nitrogen and oxygen atoms in total. The van der Waals surface area contributed by atoms with Gasteiger partial charge < -0.3 is 4.90 Å². The zero-order chi connectivity index (χ0) is 9.78. The van der Waals surface area contributed by atoms with Crippen LogP contribution in [0.5, 0.6) is 0 Å². The van der Waals surface area contributed by atoms with Crippen molar-refractivity contribution in [1.29, 1.82) is 5.26 Å². The van der Waals surface area contributed by atoms with Crippen LogP contribution in [0, 0.1) is 11.3 Å². The average molecular weight is 190 g/mol. The van der Waals surface area contributed by atoms with E-state index in [1.807, 2.05) is 0 Å². The summed E-state index contributed by atoms with van der Waals surface area (Å²) in [5.74, 6) is -1.09. The molecule has 0 radical (unpaired) electrons. The molecule has 0 atom stereocenters. The van der Waals surface area contributed by atoms with Crippen molar-refractivity contribution in [3.8, 4) is 6.07 Å². The summed E-state index contributed by atoms with van der Waals surface area (Å²) in [6.07, 6.45) is 0.977. The van der Waals surface area contributed by atoms with E-state index in [2.05, 4.69) is 0 Å². The highest BCUT2D eigenvalue weighted by Crippen LogP contribution is 1.89. The summed E-state index contributed by atoms with van der Waals surface area (Å²) in [6.45, 7) is -0.0889. The first kappa shape index (κ1) is 10.9. The molecule has 0 bridgehead atoms. The van der Waals surface area contributed by atoms with Gasteiger partial charge in [-0.1, -0.05) is 0 Å². The molecule has 0 saturated heterocycles. The van der Waals surface area contributed by atoms with E-state index in [0.717, 1.165) is 11.2 Å². The van der Waals surface area contributed by atoms with Gasteiger partial charge in [-0.3, -0.25) is 4.79 Å². The third kappa shape index (κ3) is 4.68. The van der Waals surface area contributed by atoms with Gasteiger partial charge in [0.15, 0.2) is 9.84 Å². The van der Waals surface area contributed by atoms with E-state index in [1.165, 1.54) is 7.05 Å². The highest BCUT2D eigenvalue weighted by atomic mass is 32.2. The molecule has 0 fully saturated rings. The summed E-state index contributed by atoms with van der Waals surface area (Å²) in [4.78, 5) is 12.0. The standard InChI is InChI=1S/C6H10N2O3S/c1-8(4-3-7)6(9)5-12(2,10)11/h4-5H2,1-2H3. The molecule has 0 rings (SSSR count). The van der Waals surface area contributed by atoms with Crippen molar-refractivity contribution in [2.75, 3.05) is 25.6 Å². The van der Waals surface area contributed by atoms with Crippen LogP contribution < -0.4 is 0 Å². The first-order valence-electron chi connectivity index (χ1n) is 3.15. The van der Waals surface area contributed by atoms with Crippen molar-refractivity contribution in [1.82, 2.24) is 4.90 Å². The molecular formula is C6H10N2O3S. The fourth-order valence-corrected chi connectivity index (χ4v) is 1.20. The van der Waals surface area contributed by atoms with Crippen LogP contribution in [-0.4, -0.2) is 44.8 Å². The number of rotatable bonds is 3. The van der Waals surface area contributed by atoms with Crippen LogP contribution in [0.4, 0.5) is 0 Å². The van der Waals surface area contributed by atoms with E-state index in [4.69, 9.17) is 5.26 Å². The quantitative estimate of drug-likeness (QED) is 0.535. The van der Waals surface area contributed by atoms with E-state index in [0.29, 0.717) is 0 Å². The minimum absolute atomic E-state index is 0.0889. The molecule has 0 aromatic carbocycles. The monoisotopic (exact) mass is 190 g/mol. The highest BCUT2D eigenvalue weighted by Gasteiger charge is 2.14. The Balaban J connectivity index is 4.17. The maximum atomic E-state index is 10.9. The summed E-state index contributed by atoms with van der Waals surface area (Å²) >= 11 is 0. The number of nitrogens with zero attached hydrogens (tertiary/aromatic N) is 2. The summed E-state index contributed by atoms with van der Waals surface area (Å²) < 4.78 is 21.2. The number of nitriles is 1. The Morgan fingerprint density at radius 2 is 2.08 bits per heavy atom. The van der Waals surface area contributed by atoms with Gasteiger partial charge in [-0.05, 0) is 0 Å². The fraction of sp³-hybridized carbons (Fsp3) is 0.667. The van der Waals surface area contributed by atoms with E-state index in [1.54, 1.807) is 6.07 Å². The molecule has 0 aromatic heterocycles. The molecule has 68 valence electrons. The number of hydrogen-bond acceptors (Lipinski definition) is 4. The Bertz CT molecular complexity index is 301. The van der Waals surface area contributed by atoms with E-state index < -0.39 is 21.5 Å². The van der Waals surface area contributed by atoms with Gasteiger partial charge in [0.2, 0.25) is 5.91 Å². The molecule has 0 aliphatic heterocycles. The van der Waals surface area contributed by atoms with Crippen molar-refractivity contribution < 1.29 is 13.2 Å². The van der Waals surface area contributed by atoms with Crippen molar-refractivity contribution in [3.63, 3.8) is 0 Å². The van der Waals surface area contributed by atoms with Crippen molar-refractivity contribution >= 4 is 15.7 Å². The topological polar surface area (TPSA) is 78.2 Å². The molecule has 0 spiro atoms. The molecule has 0 N–H and O–H groups in total. The van der Waals surface area contributed by atoms with Crippen LogP contribution in [0.1, 0.15) is 0 Å². The van der Waals surface area contributed by atoms with Crippen molar-refractivity contribution in [2.24, 2.45) is 0 Å². The van der Waals surface area contributed by atoms with Gasteiger partial charge in [-0.15, -0.1) is 0 Å². The van der Waals surface area contributed by atoms with Gasteiger partial charge in [-0.25, -0.2) is 8.42 Å². The molecule has 0 unspecified atom stereocenters. The second kappa shape index (κ2) is 4.07. The van der Waals surface area contributed by atoms with Gasteiger partial charge >= 0.3 is 0 Å². The lowest BCUT2D eigenvalue weighted by Crippen LogP contribution is -2.32. The SMILES string of the molecule is CN(CC#N)C(=O)CS(C)(=O)=O. The number of hydrogen-bond donors (Lipinski definition) is 0. The predicted molar refractivity (Wildman–Crippen MR) is 43.0 cm³/mol. The zero-order valence-corrected chi connectivity index (χ0v) is 7.76. The van der Waals surface area contributed by atoms with Crippen molar-refractivity contribution in [2.45, 2.75) is 0 Å². The Hall–Kier alpha value is -1.09. The molecule has 0 aromatic rings. The van der Waals surface area contributed by atoms with Gasteiger partial charge in [0, 0.05) is 13.3 Å². The summed E-state index contributed by atoms with van der Waals surface area (Å²) in [5, 5.41) is 8.19. The van der Waals surface area contributed by atoms with Crippen molar-refractivity contribution in [3.05, 3.63) is 0 Å². The normalized spacial score (nSPS) is 10.4. The lowest BCUT2D eigenvalue weighted by atomic mass is 10.5. The predicted octanol–water partition coefficient (Wildman–Crippen LogP) is -0.987. The fourth-order valence-electron chi connectivity index (χ4n) is 0.529. The molecule has 0 aliphatic carbocycles. The van der Waals surface area contributed by atoms with Gasteiger partial charge in [0.25, 0.3) is 0 Å². The molecule has 6 heteroatoms. The summed E-state index contributed by atoms with van der Waals surface area (Å²) in [5.41, 5.74) is 0. The number of carbonyl (C=O) groups excluding carboxylic acids is 1. The maximum Gasteiger partial charge on any atom is 0.238 e.